The van der Waals surface area contributed by atoms with Crippen LogP contribution in [-0.2, 0) is 11.3 Å². The van der Waals surface area contributed by atoms with Crippen molar-refractivity contribution in [1.29, 1.82) is 0 Å². The Kier molecular flexibility index (Phi) is 8.94. The Balaban J connectivity index is 1.83. The molecule has 39 heavy (non-hydrogen) atoms. The van der Waals surface area contributed by atoms with E-state index < -0.39 is 0 Å². The molecule has 1 heterocycles. The number of carbonyl (C=O) groups excluding carboxylic acids is 2. The van der Waals surface area contributed by atoms with Gasteiger partial charge in [-0.15, -0.1) is 0 Å². The first-order chi connectivity index (χ1) is 18.8. The third kappa shape index (κ3) is 7.00. The molecule has 0 radical (unpaired) electrons. The molecule has 1 aromatic heterocycles. The monoisotopic (exact) mass is 523 g/mol. The Morgan fingerprint density at radius 1 is 0.923 bits per heavy atom. The maximum Gasteiger partial charge on any atom is 0.254 e. The van der Waals surface area contributed by atoms with Crippen molar-refractivity contribution in [1.82, 2.24) is 19.8 Å². The van der Waals surface area contributed by atoms with Gasteiger partial charge >= 0.3 is 0 Å². The molecule has 4 aromatic rings. The van der Waals surface area contributed by atoms with Crippen molar-refractivity contribution in [2.45, 2.75) is 33.4 Å². The molecule has 1 atom stereocenters. The molecule has 0 unspecified atom stereocenters. The predicted molar refractivity (Wildman–Crippen MR) is 155 cm³/mol. The Labute approximate surface area is 230 Å². The van der Waals surface area contributed by atoms with Crippen LogP contribution in [0.5, 0.6) is 0 Å². The predicted octanol–water partition coefficient (Wildman–Crippen LogP) is 4.90. The normalized spacial score (nSPS) is 12.1. The van der Waals surface area contributed by atoms with Crippen LogP contribution in [0, 0.1) is 5.41 Å². The van der Waals surface area contributed by atoms with E-state index in [1.807, 2.05) is 83.8 Å². The molecule has 202 valence electrons. The van der Waals surface area contributed by atoms with E-state index in [2.05, 4.69) is 49.0 Å². The van der Waals surface area contributed by atoms with Crippen LogP contribution >= 0.6 is 0 Å². The average Bonchev–Trinajstić information content (AvgIpc) is 3.35. The molecule has 0 bridgehead atoms. The van der Waals surface area contributed by atoms with Crippen molar-refractivity contribution in [3.8, 4) is 11.3 Å². The number of amides is 2. The minimum atomic E-state index is -0.388. The van der Waals surface area contributed by atoms with Gasteiger partial charge in [0.05, 0.1) is 18.3 Å². The van der Waals surface area contributed by atoms with Gasteiger partial charge in [0.25, 0.3) is 5.91 Å². The van der Waals surface area contributed by atoms with Crippen molar-refractivity contribution >= 4 is 11.8 Å². The highest BCUT2D eigenvalue weighted by Crippen LogP contribution is 2.39. The maximum atomic E-state index is 14.0. The summed E-state index contributed by atoms with van der Waals surface area (Å²) in [5, 5.41) is 2.83. The van der Waals surface area contributed by atoms with Crippen LogP contribution in [0.1, 0.15) is 48.6 Å². The van der Waals surface area contributed by atoms with Gasteiger partial charge in [-0.2, -0.15) is 0 Å². The minimum Gasteiger partial charge on any atom is -0.353 e. The Bertz CT molecular complexity index is 1360. The van der Waals surface area contributed by atoms with Gasteiger partial charge < -0.3 is 20.5 Å². The van der Waals surface area contributed by atoms with Crippen LogP contribution in [0.3, 0.4) is 0 Å². The van der Waals surface area contributed by atoms with E-state index in [9.17, 15) is 9.59 Å². The highest BCUT2D eigenvalue weighted by molar-refractivity contribution is 5.94. The highest BCUT2D eigenvalue weighted by atomic mass is 16.2. The summed E-state index contributed by atoms with van der Waals surface area (Å²) in [6, 6.07) is 29.2. The van der Waals surface area contributed by atoms with Crippen molar-refractivity contribution in [3.63, 3.8) is 0 Å². The maximum absolute atomic E-state index is 14.0. The molecule has 0 aliphatic heterocycles. The fourth-order valence-electron chi connectivity index (χ4n) is 4.78. The van der Waals surface area contributed by atoms with Gasteiger partial charge in [-0.1, -0.05) is 99.6 Å². The number of benzene rings is 3. The van der Waals surface area contributed by atoms with Gasteiger partial charge in [-0.05, 0) is 23.1 Å². The largest absolute Gasteiger partial charge is 0.353 e. The number of carbonyl (C=O) groups is 2. The lowest BCUT2D eigenvalue weighted by Crippen LogP contribution is -2.46. The first kappa shape index (κ1) is 27.8. The number of nitrogens with zero attached hydrogens (tertiary/aromatic N) is 3. The third-order valence-corrected chi connectivity index (χ3v) is 6.59. The molecule has 0 saturated carbocycles. The van der Waals surface area contributed by atoms with Gasteiger partial charge in [0, 0.05) is 37.0 Å². The number of nitrogens with two attached hydrogens (primary N) is 1. The van der Waals surface area contributed by atoms with Crippen LogP contribution in [0.4, 0.5) is 0 Å². The van der Waals surface area contributed by atoms with E-state index in [0.717, 1.165) is 22.6 Å². The van der Waals surface area contributed by atoms with Gasteiger partial charge in [-0.3, -0.25) is 9.59 Å². The Morgan fingerprint density at radius 2 is 1.51 bits per heavy atom. The summed E-state index contributed by atoms with van der Waals surface area (Å²) in [5.41, 5.74) is 8.70. The smallest absolute Gasteiger partial charge is 0.254 e. The Morgan fingerprint density at radius 3 is 2.10 bits per heavy atom. The topological polar surface area (TPSA) is 93.2 Å². The standard InChI is InChI=1S/C32H37N5O2/c1-32(2,3)29(37(20-19-34-28(38)21-33)31(39)26-17-11-6-12-18-26)30-35-27(25-15-9-5-10-16-25)23-36(30)22-24-13-7-4-8-14-24/h4-18,23,29H,19-22,33H2,1-3H3,(H,34,38)/t29-/m0/s1. The quantitative estimate of drug-likeness (QED) is 0.309. The van der Waals surface area contributed by atoms with Crippen LogP contribution in [0.25, 0.3) is 11.3 Å². The molecule has 0 fully saturated rings. The summed E-state index contributed by atoms with van der Waals surface area (Å²) in [5.74, 6) is 0.416. The van der Waals surface area contributed by atoms with Crippen molar-refractivity contribution in [2.75, 3.05) is 19.6 Å². The molecule has 3 aromatic carbocycles. The van der Waals surface area contributed by atoms with E-state index in [1.54, 1.807) is 0 Å². The molecule has 7 heteroatoms. The molecule has 0 aliphatic carbocycles. The van der Waals surface area contributed by atoms with E-state index in [-0.39, 0.29) is 36.4 Å². The molecular formula is C32H37N5O2. The van der Waals surface area contributed by atoms with Gasteiger partial charge in [-0.25, -0.2) is 4.98 Å². The minimum absolute atomic E-state index is 0.1000. The lowest BCUT2D eigenvalue weighted by Gasteiger charge is -2.40. The molecule has 0 aliphatic rings. The van der Waals surface area contributed by atoms with Crippen LogP contribution in [0.2, 0.25) is 0 Å². The second-order valence-corrected chi connectivity index (χ2v) is 10.7. The highest BCUT2D eigenvalue weighted by Gasteiger charge is 2.38. The van der Waals surface area contributed by atoms with Crippen molar-refractivity contribution < 1.29 is 9.59 Å². The van der Waals surface area contributed by atoms with Crippen molar-refractivity contribution in [3.05, 3.63) is 114 Å². The summed E-state index contributed by atoms with van der Waals surface area (Å²) in [6.45, 7) is 7.45. The zero-order valence-electron chi connectivity index (χ0n) is 22.9. The fourth-order valence-corrected chi connectivity index (χ4v) is 4.78. The van der Waals surface area contributed by atoms with Gasteiger partial charge in [0.1, 0.15) is 5.82 Å². The third-order valence-electron chi connectivity index (χ3n) is 6.59. The molecule has 2 amide bonds. The molecular weight excluding hydrogens is 486 g/mol. The van der Waals surface area contributed by atoms with Crippen LogP contribution in [0.15, 0.2) is 97.2 Å². The van der Waals surface area contributed by atoms with Gasteiger partial charge in [0.2, 0.25) is 5.91 Å². The van der Waals surface area contributed by atoms with E-state index >= 15 is 0 Å². The molecule has 0 spiro atoms. The zero-order valence-corrected chi connectivity index (χ0v) is 22.9. The summed E-state index contributed by atoms with van der Waals surface area (Å²) < 4.78 is 2.15. The first-order valence-electron chi connectivity index (χ1n) is 13.3. The first-order valence-corrected chi connectivity index (χ1v) is 13.3. The number of nitrogens with one attached hydrogen (secondary N) is 1. The van der Waals surface area contributed by atoms with Crippen LogP contribution in [-0.4, -0.2) is 45.9 Å². The molecule has 3 N–H and O–H groups in total. The second-order valence-electron chi connectivity index (χ2n) is 10.7. The van der Waals surface area contributed by atoms with E-state index in [4.69, 9.17) is 10.7 Å². The average molecular weight is 524 g/mol. The molecule has 0 saturated heterocycles. The lowest BCUT2D eigenvalue weighted by molar-refractivity contribution is -0.119. The van der Waals surface area contributed by atoms with Gasteiger partial charge in [0.15, 0.2) is 0 Å². The number of hydrogen-bond acceptors (Lipinski definition) is 4. The molecule has 7 nitrogen and oxygen atoms in total. The summed E-state index contributed by atoms with van der Waals surface area (Å²) in [4.78, 5) is 33.0. The summed E-state index contributed by atoms with van der Waals surface area (Å²) in [7, 11) is 0. The lowest BCUT2D eigenvalue weighted by atomic mass is 9.84. The number of aromatic nitrogens is 2. The summed E-state index contributed by atoms with van der Waals surface area (Å²) in [6.07, 6.45) is 2.07. The van der Waals surface area contributed by atoms with Crippen LogP contribution < -0.4 is 11.1 Å². The fraction of sp³-hybridized carbons (Fsp3) is 0.281. The number of hydrogen-bond donors (Lipinski definition) is 2. The second kappa shape index (κ2) is 12.5. The molecule has 4 rings (SSSR count). The zero-order chi connectivity index (χ0) is 27.8. The number of rotatable bonds is 10. The SMILES string of the molecule is CC(C)(C)[C@H](c1nc(-c2ccccc2)cn1Cc1ccccc1)N(CCNC(=O)CN)C(=O)c1ccccc1. The van der Waals surface area contributed by atoms with Crippen molar-refractivity contribution in [2.24, 2.45) is 11.1 Å². The van der Waals surface area contributed by atoms with E-state index in [0.29, 0.717) is 18.7 Å². The summed E-state index contributed by atoms with van der Waals surface area (Å²) >= 11 is 0. The number of imidazole rings is 1. The Hall–Kier alpha value is -4.23. The van der Waals surface area contributed by atoms with E-state index in [1.165, 1.54) is 0 Å².